The lowest BCUT2D eigenvalue weighted by atomic mass is 10.2. The Balaban J connectivity index is 2.07. The van der Waals surface area contributed by atoms with Crippen molar-refractivity contribution in [2.24, 2.45) is 0 Å². The average Bonchev–Trinajstić information content (AvgIpc) is 2.98. The molecule has 0 spiro atoms. The SMILES string of the molecule is c1ccc(-c2nnnn2C2CC2)cc1. The van der Waals surface area contributed by atoms with E-state index < -0.39 is 0 Å². The molecule has 2 aromatic rings. The van der Waals surface area contributed by atoms with Gasteiger partial charge >= 0.3 is 0 Å². The van der Waals surface area contributed by atoms with Crippen molar-refractivity contribution < 1.29 is 0 Å². The number of aromatic nitrogens is 4. The number of rotatable bonds is 2. The van der Waals surface area contributed by atoms with Crippen molar-refractivity contribution in [1.82, 2.24) is 20.2 Å². The van der Waals surface area contributed by atoms with Crippen LogP contribution < -0.4 is 0 Å². The van der Waals surface area contributed by atoms with E-state index in [1.807, 2.05) is 35.0 Å². The van der Waals surface area contributed by atoms with Crippen LogP contribution in [0.2, 0.25) is 0 Å². The van der Waals surface area contributed by atoms with Gasteiger partial charge in [-0.3, -0.25) is 0 Å². The largest absolute Gasteiger partial charge is 0.222 e. The third kappa shape index (κ3) is 1.19. The fourth-order valence-electron chi connectivity index (χ4n) is 1.54. The molecule has 4 nitrogen and oxygen atoms in total. The molecule has 0 atom stereocenters. The lowest BCUT2D eigenvalue weighted by molar-refractivity contribution is 0.615. The summed E-state index contributed by atoms with van der Waals surface area (Å²) in [7, 11) is 0. The summed E-state index contributed by atoms with van der Waals surface area (Å²) >= 11 is 0. The highest BCUT2D eigenvalue weighted by Gasteiger charge is 2.27. The number of hydrogen-bond donors (Lipinski definition) is 0. The molecule has 1 aromatic carbocycles. The molecule has 14 heavy (non-hydrogen) atoms. The highest BCUT2D eigenvalue weighted by molar-refractivity contribution is 5.54. The predicted octanol–water partition coefficient (Wildman–Crippen LogP) is 1.67. The molecule has 0 amide bonds. The first-order chi connectivity index (χ1) is 6.95. The summed E-state index contributed by atoms with van der Waals surface area (Å²) in [5, 5.41) is 11.8. The fraction of sp³-hybridized carbons (Fsp3) is 0.300. The van der Waals surface area contributed by atoms with Crippen molar-refractivity contribution in [2.75, 3.05) is 0 Å². The number of tetrazole rings is 1. The van der Waals surface area contributed by atoms with Gasteiger partial charge in [-0.1, -0.05) is 30.3 Å². The van der Waals surface area contributed by atoms with Crippen molar-refractivity contribution in [1.29, 1.82) is 0 Å². The molecule has 1 fully saturated rings. The van der Waals surface area contributed by atoms with Crippen molar-refractivity contribution >= 4 is 0 Å². The van der Waals surface area contributed by atoms with Gasteiger partial charge in [-0.15, -0.1) is 5.10 Å². The Bertz CT molecular complexity index is 430. The molecular weight excluding hydrogens is 176 g/mol. The van der Waals surface area contributed by atoms with Gasteiger partial charge in [0.15, 0.2) is 5.82 Å². The third-order valence-electron chi connectivity index (χ3n) is 2.42. The molecule has 0 radical (unpaired) electrons. The van der Waals surface area contributed by atoms with Crippen molar-refractivity contribution in [3.05, 3.63) is 30.3 Å². The molecule has 1 heterocycles. The molecule has 1 aliphatic carbocycles. The van der Waals surface area contributed by atoms with Gasteiger partial charge in [0.05, 0.1) is 6.04 Å². The van der Waals surface area contributed by atoms with E-state index in [9.17, 15) is 0 Å². The van der Waals surface area contributed by atoms with Gasteiger partial charge in [0.2, 0.25) is 0 Å². The Labute approximate surface area is 81.6 Å². The van der Waals surface area contributed by atoms with Crippen LogP contribution in [0.4, 0.5) is 0 Å². The molecule has 0 bridgehead atoms. The van der Waals surface area contributed by atoms with Crippen LogP contribution in [-0.4, -0.2) is 20.2 Å². The monoisotopic (exact) mass is 186 g/mol. The van der Waals surface area contributed by atoms with E-state index in [4.69, 9.17) is 0 Å². The lowest BCUT2D eigenvalue weighted by Crippen LogP contribution is -1.99. The molecule has 0 N–H and O–H groups in total. The van der Waals surface area contributed by atoms with Crippen molar-refractivity contribution in [2.45, 2.75) is 18.9 Å². The third-order valence-corrected chi connectivity index (χ3v) is 2.42. The molecule has 70 valence electrons. The zero-order valence-electron chi connectivity index (χ0n) is 7.67. The predicted molar refractivity (Wildman–Crippen MR) is 51.5 cm³/mol. The molecule has 3 rings (SSSR count). The first kappa shape index (κ1) is 7.67. The van der Waals surface area contributed by atoms with Crippen LogP contribution in [0.15, 0.2) is 30.3 Å². The molecule has 0 aliphatic heterocycles. The maximum Gasteiger partial charge on any atom is 0.182 e. The minimum atomic E-state index is 0.528. The van der Waals surface area contributed by atoms with Crippen molar-refractivity contribution in [3.63, 3.8) is 0 Å². The Morgan fingerprint density at radius 1 is 1.14 bits per heavy atom. The highest BCUT2D eigenvalue weighted by Crippen LogP contribution is 2.36. The van der Waals surface area contributed by atoms with Crippen LogP contribution in [0.1, 0.15) is 18.9 Å². The maximum absolute atomic E-state index is 4.05. The summed E-state index contributed by atoms with van der Waals surface area (Å²) in [6.07, 6.45) is 2.40. The second kappa shape index (κ2) is 2.90. The smallest absolute Gasteiger partial charge is 0.182 e. The number of hydrogen-bond acceptors (Lipinski definition) is 3. The van der Waals surface area contributed by atoms with Crippen LogP contribution in [-0.2, 0) is 0 Å². The molecule has 1 aromatic heterocycles. The quantitative estimate of drug-likeness (QED) is 0.716. The number of benzene rings is 1. The van der Waals surface area contributed by atoms with E-state index >= 15 is 0 Å². The molecule has 1 aliphatic rings. The van der Waals surface area contributed by atoms with Gasteiger partial charge in [0.25, 0.3) is 0 Å². The zero-order valence-corrected chi connectivity index (χ0v) is 7.67. The topological polar surface area (TPSA) is 43.6 Å². The van der Waals surface area contributed by atoms with Crippen molar-refractivity contribution in [3.8, 4) is 11.4 Å². The molecule has 0 saturated heterocycles. The summed E-state index contributed by atoms with van der Waals surface area (Å²) in [5.74, 6) is 0.883. The summed E-state index contributed by atoms with van der Waals surface area (Å²) in [6, 6.07) is 10.6. The molecule has 0 unspecified atom stereocenters. The van der Waals surface area contributed by atoms with Gasteiger partial charge in [0.1, 0.15) is 0 Å². The van der Waals surface area contributed by atoms with Crippen LogP contribution in [0, 0.1) is 0 Å². The minimum Gasteiger partial charge on any atom is -0.222 e. The van der Waals surface area contributed by atoms with Gasteiger partial charge in [-0.2, -0.15) is 0 Å². The number of nitrogens with zero attached hydrogens (tertiary/aromatic N) is 4. The van der Waals surface area contributed by atoms with E-state index in [0.717, 1.165) is 11.4 Å². The first-order valence-corrected chi connectivity index (χ1v) is 4.78. The summed E-state index contributed by atoms with van der Waals surface area (Å²) in [4.78, 5) is 0. The van der Waals surface area contributed by atoms with E-state index in [1.54, 1.807) is 0 Å². The van der Waals surface area contributed by atoms with Gasteiger partial charge in [0, 0.05) is 5.56 Å². The summed E-state index contributed by atoms with van der Waals surface area (Å²) in [5.41, 5.74) is 1.09. The van der Waals surface area contributed by atoms with Gasteiger partial charge in [-0.05, 0) is 23.3 Å². The summed E-state index contributed by atoms with van der Waals surface area (Å²) in [6.45, 7) is 0. The Kier molecular flexibility index (Phi) is 1.59. The first-order valence-electron chi connectivity index (χ1n) is 4.78. The fourth-order valence-corrected chi connectivity index (χ4v) is 1.54. The van der Waals surface area contributed by atoms with Crippen LogP contribution in [0.3, 0.4) is 0 Å². The normalized spacial score (nSPS) is 15.7. The Morgan fingerprint density at radius 3 is 2.64 bits per heavy atom. The second-order valence-corrected chi connectivity index (χ2v) is 3.54. The molecular formula is C10H10N4. The molecule has 1 saturated carbocycles. The van der Waals surface area contributed by atoms with Gasteiger partial charge < -0.3 is 0 Å². The van der Waals surface area contributed by atoms with Crippen LogP contribution in [0.5, 0.6) is 0 Å². The standard InChI is InChI=1S/C10H10N4/c1-2-4-8(5-3-1)10-11-12-13-14(10)9-6-7-9/h1-5,9H,6-7H2. The Hall–Kier alpha value is -1.71. The van der Waals surface area contributed by atoms with Gasteiger partial charge in [-0.25, -0.2) is 4.68 Å². The minimum absolute atomic E-state index is 0.528. The van der Waals surface area contributed by atoms with Crippen LogP contribution in [0.25, 0.3) is 11.4 Å². The van der Waals surface area contributed by atoms with E-state index in [-0.39, 0.29) is 0 Å². The summed E-state index contributed by atoms with van der Waals surface area (Å²) < 4.78 is 1.93. The second-order valence-electron chi connectivity index (χ2n) is 3.54. The Morgan fingerprint density at radius 2 is 1.93 bits per heavy atom. The van der Waals surface area contributed by atoms with Crippen LogP contribution >= 0.6 is 0 Å². The van der Waals surface area contributed by atoms with E-state index in [2.05, 4.69) is 15.5 Å². The van der Waals surface area contributed by atoms with E-state index in [1.165, 1.54) is 12.8 Å². The maximum atomic E-state index is 4.05. The highest BCUT2D eigenvalue weighted by atomic mass is 15.6. The zero-order chi connectivity index (χ0) is 9.38. The molecule has 4 heteroatoms. The van der Waals surface area contributed by atoms with E-state index in [0.29, 0.717) is 6.04 Å². The average molecular weight is 186 g/mol. The lowest BCUT2D eigenvalue weighted by Gasteiger charge is -2.00.